The van der Waals surface area contributed by atoms with Gasteiger partial charge in [0.2, 0.25) is 0 Å². The zero-order valence-corrected chi connectivity index (χ0v) is 15.5. The number of para-hydroxylation sites is 2. The molecule has 2 aromatic heterocycles. The maximum atomic E-state index is 13.0. The van der Waals surface area contributed by atoms with Gasteiger partial charge in [-0.25, -0.2) is 4.52 Å². The first-order valence-corrected chi connectivity index (χ1v) is 8.96. The fourth-order valence-corrected chi connectivity index (χ4v) is 3.45. The molecule has 0 fully saturated rings. The summed E-state index contributed by atoms with van der Waals surface area (Å²) < 4.78 is 3.95. The molecule has 0 aliphatic heterocycles. The van der Waals surface area contributed by atoms with Crippen molar-refractivity contribution in [3.8, 4) is 0 Å². The van der Waals surface area contributed by atoms with Crippen LogP contribution in [0.3, 0.4) is 0 Å². The summed E-state index contributed by atoms with van der Waals surface area (Å²) in [5.41, 5.74) is 6.40. The number of benzene rings is 2. The van der Waals surface area contributed by atoms with Gasteiger partial charge in [-0.3, -0.25) is 4.79 Å². The van der Waals surface area contributed by atoms with Crippen LogP contribution in [0.2, 0.25) is 0 Å². The van der Waals surface area contributed by atoms with E-state index in [9.17, 15) is 4.79 Å². The Balaban J connectivity index is 1.85. The van der Waals surface area contributed by atoms with Crippen molar-refractivity contribution in [3.63, 3.8) is 0 Å². The Morgan fingerprint density at radius 3 is 2.48 bits per heavy atom. The number of hydrogen-bond donors (Lipinski definition) is 0. The van der Waals surface area contributed by atoms with Crippen molar-refractivity contribution < 1.29 is 4.79 Å². The summed E-state index contributed by atoms with van der Waals surface area (Å²) in [5, 5.41) is 4.64. The molecular weight excluding hydrogens is 334 g/mol. The van der Waals surface area contributed by atoms with Crippen molar-refractivity contribution in [3.05, 3.63) is 89.6 Å². The summed E-state index contributed by atoms with van der Waals surface area (Å²) in [4.78, 5) is 13.0. The van der Waals surface area contributed by atoms with Crippen LogP contribution in [0.4, 0.5) is 0 Å². The van der Waals surface area contributed by atoms with E-state index in [1.807, 2.05) is 79.0 Å². The van der Waals surface area contributed by atoms with Gasteiger partial charge in [0.1, 0.15) is 5.65 Å². The molecule has 4 aromatic rings. The predicted octanol–water partition coefficient (Wildman–Crippen LogP) is 4.99. The Morgan fingerprint density at radius 2 is 1.78 bits per heavy atom. The lowest BCUT2D eigenvalue weighted by molar-refractivity contribution is 0.104. The first-order valence-electron chi connectivity index (χ1n) is 8.96. The van der Waals surface area contributed by atoms with Crippen LogP contribution in [0.15, 0.2) is 67.3 Å². The van der Waals surface area contributed by atoms with Crippen LogP contribution < -0.4 is 0 Å². The fourth-order valence-electron chi connectivity index (χ4n) is 3.45. The fraction of sp³-hybridized carbons (Fsp3) is 0.130. The molecule has 0 aliphatic rings. The highest BCUT2D eigenvalue weighted by molar-refractivity contribution is 6.12. The summed E-state index contributed by atoms with van der Waals surface area (Å²) in [7, 11) is 0. The normalized spacial score (nSPS) is 11.6. The Hall–Kier alpha value is -3.40. The lowest BCUT2D eigenvalue weighted by Crippen LogP contribution is -2.02. The van der Waals surface area contributed by atoms with Crippen molar-refractivity contribution in [1.29, 1.82) is 0 Å². The monoisotopic (exact) mass is 355 g/mol. The molecule has 0 spiro atoms. The predicted molar refractivity (Wildman–Crippen MR) is 110 cm³/mol. The lowest BCUT2D eigenvalue weighted by atomic mass is 10.1. The van der Waals surface area contributed by atoms with Gasteiger partial charge < -0.3 is 4.57 Å². The first-order chi connectivity index (χ1) is 13.1. The number of carbonyl (C=O) groups excluding carboxylic acids is 1. The third-order valence-corrected chi connectivity index (χ3v) is 4.75. The number of hydrogen-bond acceptors (Lipinski definition) is 2. The largest absolute Gasteiger partial charge is 0.320 e. The molecule has 0 aliphatic carbocycles. The van der Waals surface area contributed by atoms with Gasteiger partial charge in [-0.05, 0) is 37.6 Å². The minimum atomic E-state index is -0.0452. The highest BCUT2D eigenvalue weighted by Crippen LogP contribution is 2.26. The molecule has 0 atom stereocenters. The average molecular weight is 355 g/mol. The van der Waals surface area contributed by atoms with Crippen LogP contribution in [-0.2, 0) is 6.54 Å². The first kappa shape index (κ1) is 17.0. The third kappa shape index (κ3) is 2.89. The van der Waals surface area contributed by atoms with E-state index in [-0.39, 0.29) is 5.78 Å². The van der Waals surface area contributed by atoms with Crippen molar-refractivity contribution in [1.82, 2.24) is 14.2 Å². The maximum absolute atomic E-state index is 13.0. The van der Waals surface area contributed by atoms with Crippen molar-refractivity contribution in [2.75, 3.05) is 0 Å². The van der Waals surface area contributed by atoms with E-state index in [1.165, 1.54) is 5.56 Å². The number of allylic oxidation sites excluding steroid dienone is 2. The molecule has 0 saturated heterocycles. The van der Waals surface area contributed by atoms with E-state index in [4.69, 9.17) is 0 Å². The Morgan fingerprint density at radius 1 is 1.07 bits per heavy atom. The molecule has 4 heteroatoms. The molecule has 0 N–H and O–H groups in total. The quantitative estimate of drug-likeness (QED) is 0.287. The summed E-state index contributed by atoms with van der Waals surface area (Å²) in [6.45, 7) is 8.41. The number of imidazole rings is 1. The van der Waals surface area contributed by atoms with Gasteiger partial charge in [0.25, 0.3) is 0 Å². The number of aromatic nitrogens is 3. The highest BCUT2D eigenvalue weighted by Gasteiger charge is 2.21. The van der Waals surface area contributed by atoms with Gasteiger partial charge in [0.05, 0.1) is 22.3 Å². The summed E-state index contributed by atoms with van der Waals surface area (Å²) in [6.07, 6.45) is 5.32. The third-order valence-electron chi connectivity index (χ3n) is 4.75. The second-order valence-electron chi connectivity index (χ2n) is 6.69. The van der Waals surface area contributed by atoms with E-state index >= 15 is 0 Å². The molecule has 4 rings (SSSR count). The number of fused-ring (bicyclic) bond motifs is 3. The van der Waals surface area contributed by atoms with Gasteiger partial charge in [-0.2, -0.15) is 5.10 Å². The molecule has 2 aromatic carbocycles. The molecule has 0 amide bonds. The minimum absolute atomic E-state index is 0.0452. The Labute approximate surface area is 158 Å². The second-order valence-corrected chi connectivity index (χ2v) is 6.69. The molecule has 0 radical (unpaired) electrons. The SMILES string of the molecule is C=CCn1c2ccccc2n2nc(C)c(C(=O)/C=C/c3ccc(C)cc3)c12. The second kappa shape index (κ2) is 6.72. The van der Waals surface area contributed by atoms with Crippen molar-refractivity contribution in [2.45, 2.75) is 20.4 Å². The van der Waals surface area contributed by atoms with Crippen LogP contribution in [0, 0.1) is 13.8 Å². The number of ketones is 1. The molecular formula is C23H21N3O. The van der Waals surface area contributed by atoms with E-state index in [0.29, 0.717) is 12.1 Å². The van der Waals surface area contributed by atoms with Gasteiger partial charge in [0.15, 0.2) is 5.78 Å². The summed E-state index contributed by atoms with van der Waals surface area (Å²) in [6, 6.07) is 16.1. The van der Waals surface area contributed by atoms with Crippen LogP contribution in [0.25, 0.3) is 22.8 Å². The zero-order chi connectivity index (χ0) is 19.0. The van der Waals surface area contributed by atoms with Gasteiger partial charge in [-0.15, -0.1) is 6.58 Å². The molecule has 0 bridgehead atoms. The van der Waals surface area contributed by atoms with E-state index in [1.54, 1.807) is 6.08 Å². The van der Waals surface area contributed by atoms with Crippen molar-refractivity contribution >= 4 is 28.5 Å². The Kier molecular flexibility index (Phi) is 4.24. The smallest absolute Gasteiger partial charge is 0.191 e. The molecule has 27 heavy (non-hydrogen) atoms. The van der Waals surface area contributed by atoms with Gasteiger partial charge in [0, 0.05) is 6.54 Å². The topological polar surface area (TPSA) is 39.3 Å². The number of aryl methyl sites for hydroxylation is 2. The van der Waals surface area contributed by atoms with Gasteiger partial charge >= 0.3 is 0 Å². The maximum Gasteiger partial charge on any atom is 0.191 e. The average Bonchev–Trinajstić information content (AvgIpc) is 3.16. The van der Waals surface area contributed by atoms with E-state index in [2.05, 4.69) is 16.2 Å². The van der Waals surface area contributed by atoms with Crippen LogP contribution >= 0.6 is 0 Å². The standard InChI is InChI=1S/C23H21N3O/c1-4-15-25-19-7-5-6-8-20(19)26-23(25)22(17(3)24-26)21(27)14-13-18-11-9-16(2)10-12-18/h4-14H,1,15H2,2-3H3/b14-13+. The molecule has 0 unspecified atom stereocenters. The Bertz CT molecular complexity index is 1190. The minimum Gasteiger partial charge on any atom is -0.320 e. The van der Waals surface area contributed by atoms with Crippen LogP contribution in [0.1, 0.15) is 27.2 Å². The van der Waals surface area contributed by atoms with E-state index < -0.39 is 0 Å². The lowest BCUT2D eigenvalue weighted by Gasteiger charge is -2.03. The zero-order valence-electron chi connectivity index (χ0n) is 15.5. The van der Waals surface area contributed by atoms with Crippen LogP contribution in [-0.4, -0.2) is 20.0 Å². The molecule has 134 valence electrons. The number of rotatable bonds is 5. The van der Waals surface area contributed by atoms with Gasteiger partial charge in [-0.1, -0.05) is 54.1 Å². The number of carbonyl (C=O) groups is 1. The van der Waals surface area contributed by atoms with Crippen molar-refractivity contribution in [2.24, 2.45) is 0 Å². The molecule has 4 nitrogen and oxygen atoms in total. The summed E-state index contributed by atoms with van der Waals surface area (Å²) >= 11 is 0. The molecule has 0 saturated carbocycles. The van der Waals surface area contributed by atoms with E-state index in [0.717, 1.165) is 27.9 Å². The number of nitrogens with zero attached hydrogens (tertiary/aromatic N) is 3. The molecule has 2 heterocycles. The van der Waals surface area contributed by atoms with Crippen LogP contribution in [0.5, 0.6) is 0 Å². The highest BCUT2D eigenvalue weighted by atomic mass is 16.1. The summed E-state index contributed by atoms with van der Waals surface area (Å²) in [5.74, 6) is -0.0452.